The molecule has 12 heteroatoms. The van der Waals surface area contributed by atoms with Crippen LogP contribution >= 0.6 is 0 Å². The molecule has 8 N–H and O–H groups in total. The van der Waals surface area contributed by atoms with Gasteiger partial charge < -0.3 is 36.0 Å². The van der Waals surface area contributed by atoms with Crippen molar-refractivity contribution in [2.24, 2.45) is 0 Å². The largest absolute Gasteiger partial charge is 0.394 e. The topological polar surface area (TPSA) is 200 Å². The Hall–Kier alpha value is -2.09. The first-order chi connectivity index (χ1) is 11.4. The van der Waals surface area contributed by atoms with Crippen LogP contribution in [-0.4, -0.2) is 83.2 Å². The number of rotatable bonds is 3. The average Bonchev–Trinajstić information content (AvgIpc) is 3.10. The molecule has 4 atom stereocenters. The zero-order valence-corrected chi connectivity index (χ0v) is 12.5. The molecule has 0 amide bonds. The Bertz CT molecular complexity index is 730. The van der Waals surface area contributed by atoms with Crippen LogP contribution in [0.25, 0.3) is 11.2 Å². The van der Waals surface area contributed by atoms with Crippen molar-refractivity contribution in [1.29, 1.82) is 0 Å². The van der Waals surface area contributed by atoms with Crippen molar-refractivity contribution in [2.45, 2.75) is 24.5 Å². The standard InChI is InChI=1S/C10H13N5O5.C2H6O2/c11-10-13-7-4(8(19)14-10)12-2-15(7)9-6(18)5(17)3(1-16)20-9;3-1-2-4/h2-3,5-6,9,16-18H,1H2,(H3,11,13,14,19);3-4H,1-2H2/t3-,5-,6-,9-;/m1./s1. The number of nitrogens with zero attached hydrogens (tertiary/aromatic N) is 3. The third kappa shape index (κ3) is 3.38. The minimum Gasteiger partial charge on any atom is -0.394 e. The number of anilines is 1. The van der Waals surface area contributed by atoms with Crippen molar-refractivity contribution in [3.63, 3.8) is 0 Å². The monoisotopic (exact) mass is 345 g/mol. The SMILES string of the molecule is Nc1nc2c(ncn2[C@@H]2O[C@H](CO)[C@@H](O)[C@H]2O)c(=O)[nH]1.OCCO. The highest BCUT2D eigenvalue weighted by atomic mass is 16.6. The second-order valence-electron chi connectivity index (χ2n) is 4.95. The van der Waals surface area contributed by atoms with E-state index in [9.17, 15) is 15.0 Å². The van der Waals surface area contributed by atoms with Crippen LogP contribution in [-0.2, 0) is 4.74 Å². The minimum atomic E-state index is -1.29. The van der Waals surface area contributed by atoms with E-state index in [1.807, 2.05) is 0 Å². The highest BCUT2D eigenvalue weighted by molar-refractivity contribution is 5.70. The highest BCUT2D eigenvalue weighted by Gasteiger charge is 2.44. The van der Waals surface area contributed by atoms with Gasteiger partial charge in [-0.3, -0.25) is 14.3 Å². The maximum atomic E-state index is 11.7. The Balaban J connectivity index is 0.000000471. The number of fused-ring (bicyclic) bond motifs is 1. The normalized spacial score (nSPS) is 26.4. The third-order valence-electron chi connectivity index (χ3n) is 3.34. The van der Waals surface area contributed by atoms with E-state index >= 15 is 0 Å². The number of nitrogen functional groups attached to an aromatic ring is 1. The number of hydrogen-bond acceptors (Lipinski definition) is 10. The molecule has 3 rings (SSSR count). The highest BCUT2D eigenvalue weighted by Crippen LogP contribution is 2.30. The van der Waals surface area contributed by atoms with Gasteiger partial charge in [0.25, 0.3) is 5.56 Å². The number of nitrogens with two attached hydrogens (primary N) is 1. The molecule has 2 aromatic heterocycles. The van der Waals surface area contributed by atoms with Gasteiger partial charge in [0.15, 0.2) is 17.4 Å². The molecule has 1 fully saturated rings. The van der Waals surface area contributed by atoms with Gasteiger partial charge >= 0.3 is 0 Å². The molecular weight excluding hydrogens is 326 g/mol. The lowest BCUT2D eigenvalue weighted by atomic mass is 10.1. The molecule has 0 saturated carbocycles. The summed E-state index contributed by atoms with van der Waals surface area (Å²) in [5, 5.41) is 44.0. The van der Waals surface area contributed by atoms with Gasteiger partial charge in [-0.05, 0) is 0 Å². The van der Waals surface area contributed by atoms with Gasteiger partial charge in [-0.15, -0.1) is 0 Å². The first-order valence-corrected chi connectivity index (χ1v) is 7.01. The van der Waals surface area contributed by atoms with E-state index in [2.05, 4.69) is 15.0 Å². The number of aliphatic hydroxyl groups is 5. The molecule has 134 valence electrons. The maximum Gasteiger partial charge on any atom is 0.280 e. The second-order valence-corrected chi connectivity index (χ2v) is 4.95. The van der Waals surface area contributed by atoms with Crippen molar-refractivity contribution < 1.29 is 30.3 Å². The van der Waals surface area contributed by atoms with Crippen LogP contribution in [0, 0.1) is 0 Å². The number of H-pyrrole nitrogens is 1. The summed E-state index contributed by atoms with van der Waals surface area (Å²) in [6.07, 6.45) is -3.21. The molecule has 0 unspecified atom stereocenters. The molecule has 3 heterocycles. The summed E-state index contributed by atoms with van der Waals surface area (Å²) >= 11 is 0. The van der Waals surface area contributed by atoms with Crippen LogP contribution in [0.2, 0.25) is 0 Å². The molecule has 24 heavy (non-hydrogen) atoms. The Kier molecular flexibility index (Phi) is 5.82. The summed E-state index contributed by atoms with van der Waals surface area (Å²) in [6.45, 7) is -0.697. The minimum absolute atomic E-state index is 0.0388. The van der Waals surface area contributed by atoms with Gasteiger partial charge in [-0.1, -0.05) is 0 Å². The number of imidazole rings is 1. The molecule has 0 aromatic carbocycles. The number of ether oxygens (including phenoxy) is 1. The van der Waals surface area contributed by atoms with Gasteiger partial charge in [-0.25, -0.2) is 4.98 Å². The number of hydrogen-bond donors (Lipinski definition) is 7. The fraction of sp³-hybridized carbons (Fsp3) is 0.583. The van der Waals surface area contributed by atoms with E-state index in [1.165, 1.54) is 10.9 Å². The lowest BCUT2D eigenvalue weighted by Gasteiger charge is -2.16. The molecule has 12 nitrogen and oxygen atoms in total. The first-order valence-electron chi connectivity index (χ1n) is 7.01. The first kappa shape index (κ1) is 18.3. The van der Waals surface area contributed by atoms with E-state index < -0.39 is 36.7 Å². The van der Waals surface area contributed by atoms with Crippen LogP contribution in [0.5, 0.6) is 0 Å². The average molecular weight is 345 g/mol. The van der Waals surface area contributed by atoms with Crippen molar-refractivity contribution in [3.05, 3.63) is 16.7 Å². The molecule has 0 spiro atoms. The Labute approximate surface area is 134 Å². The van der Waals surface area contributed by atoms with Crippen molar-refractivity contribution in [1.82, 2.24) is 19.5 Å². The molecule has 1 saturated heterocycles. The van der Waals surface area contributed by atoms with Crippen molar-refractivity contribution in [2.75, 3.05) is 25.6 Å². The zero-order valence-electron chi connectivity index (χ0n) is 12.5. The van der Waals surface area contributed by atoms with Crippen LogP contribution in [0.15, 0.2) is 11.1 Å². The molecular formula is C12H19N5O7. The molecule has 0 bridgehead atoms. The lowest BCUT2D eigenvalue weighted by Crippen LogP contribution is -2.33. The Morgan fingerprint density at radius 1 is 1.25 bits per heavy atom. The molecule has 2 aromatic rings. The van der Waals surface area contributed by atoms with E-state index in [0.29, 0.717) is 0 Å². The van der Waals surface area contributed by atoms with Crippen LogP contribution < -0.4 is 11.3 Å². The Morgan fingerprint density at radius 3 is 2.46 bits per heavy atom. The number of aromatic amines is 1. The summed E-state index contributed by atoms with van der Waals surface area (Å²) in [5.41, 5.74) is 5.12. The van der Waals surface area contributed by atoms with E-state index in [0.717, 1.165) is 0 Å². The summed E-state index contributed by atoms with van der Waals surface area (Å²) in [4.78, 5) is 21.8. The predicted octanol–water partition coefficient (Wildman–Crippen LogP) is -3.72. The Morgan fingerprint density at radius 2 is 1.92 bits per heavy atom. The van der Waals surface area contributed by atoms with Gasteiger partial charge in [-0.2, -0.15) is 4.98 Å². The van der Waals surface area contributed by atoms with Crippen LogP contribution in [0.3, 0.4) is 0 Å². The molecule has 0 aliphatic carbocycles. The third-order valence-corrected chi connectivity index (χ3v) is 3.34. The quantitative estimate of drug-likeness (QED) is 0.290. The number of aliphatic hydroxyl groups excluding tert-OH is 5. The van der Waals surface area contributed by atoms with Crippen LogP contribution in [0.1, 0.15) is 6.23 Å². The second kappa shape index (κ2) is 7.65. The van der Waals surface area contributed by atoms with Gasteiger partial charge in [0, 0.05) is 0 Å². The fourth-order valence-corrected chi connectivity index (χ4v) is 2.24. The maximum absolute atomic E-state index is 11.7. The van der Waals surface area contributed by atoms with Crippen molar-refractivity contribution >= 4 is 17.1 Å². The van der Waals surface area contributed by atoms with Gasteiger partial charge in [0.05, 0.1) is 26.1 Å². The molecule has 1 aliphatic heterocycles. The summed E-state index contributed by atoms with van der Waals surface area (Å²) < 4.78 is 6.64. The predicted molar refractivity (Wildman–Crippen MR) is 79.7 cm³/mol. The number of aromatic nitrogens is 4. The van der Waals surface area contributed by atoms with Gasteiger partial charge in [0.2, 0.25) is 5.95 Å². The van der Waals surface area contributed by atoms with Crippen molar-refractivity contribution in [3.8, 4) is 0 Å². The van der Waals surface area contributed by atoms with Crippen LogP contribution in [0.4, 0.5) is 5.95 Å². The number of nitrogens with one attached hydrogen (secondary N) is 1. The summed E-state index contributed by atoms with van der Waals surface area (Å²) in [7, 11) is 0. The lowest BCUT2D eigenvalue weighted by molar-refractivity contribution is -0.0511. The summed E-state index contributed by atoms with van der Waals surface area (Å²) in [5.74, 6) is -0.101. The van der Waals surface area contributed by atoms with E-state index in [4.69, 9.17) is 25.8 Å². The van der Waals surface area contributed by atoms with E-state index in [1.54, 1.807) is 0 Å². The fourth-order valence-electron chi connectivity index (χ4n) is 2.24. The van der Waals surface area contributed by atoms with Gasteiger partial charge in [0.1, 0.15) is 18.3 Å². The molecule has 1 aliphatic rings. The summed E-state index contributed by atoms with van der Waals surface area (Å²) in [6, 6.07) is 0. The zero-order chi connectivity index (χ0) is 17.9. The van der Waals surface area contributed by atoms with E-state index in [-0.39, 0.29) is 30.3 Å². The smallest absolute Gasteiger partial charge is 0.280 e. The molecule has 0 radical (unpaired) electrons.